The summed E-state index contributed by atoms with van der Waals surface area (Å²) < 4.78 is 0. The third-order valence-corrected chi connectivity index (χ3v) is 4.35. The summed E-state index contributed by atoms with van der Waals surface area (Å²) in [5.74, 6) is 4.01. The summed E-state index contributed by atoms with van der Waals surface area (Å²) in [4.78, 5) is 14.1. The van der Waals surface area contributed by atoms with E-state index < -0.39 is 0 Å². The van der Waals surface area contributed by atoms with E-state index in [-0.39, 0.29) is 0 Å². The molecule has 3 heterocycles. The summed E-state index contributed by atoms with van der Waals surface area (Å²) in [6.45, 7) is 8.92. The Morgan fingerprint density at radius 3 is 2.05 bits per heavy atom. The molecule has 1 aromatic heterocycles. The number of aromatic nitrogens is 2. The van der Waals surface area contributed by atoms with Gasteiger partial charge in [0, 0.05) is 32.2 Å². The Morgan fingerprint density at radius 1 is 0.947 bits per heavy atom. The highest BCUT2D eigenvalue weighted by Crippen LogP contribution is 2.25. The third-order valence-electron chi connectivity index (χ3n) is 4.35. The summed E-state index contributed by atoms with van der Waals surface area (Å²) in [6.07, 6.45) is 5.14. The molecule has 0 spiro atoms. The van der Waals surface area contributed by atoms with Crippen molar-refractivity contribution in [3.63, 3.8) is 0 Å². The van der Waals surface area contributed by atoms with Crippen LogP contribution in [0.25, 0.3) is 0 Å². The minimum atomic E-state index is 0.859. The number of nitrogens with zero attached hydrogens (tertiary/aromatic N) is 4. The van der Waals surface area contributed by atoms with E-state index in [0.717, 1.165) is 49.6 Å². The fraction of sp³-hybridized carbons (Fsp3) is 0.733. The van der Waals surface area contributed by atoms with Crippen molar-refractivity contribution >= 4 is 11.6 Å². The lowest BCUT2D eigenvalue weighted by atomic mass is 9.99. The Bertz CT molecular complexity index is 432. The lowest BCUT2D eigenvalue weighted by Crippen LogP contribution is -2.34. The third kappa shape index (κ3) is 2.82. The van der Waals surface area contributed by atoms with E-state index in [4.69, 9.17) is 0 Å². The summed E-state index contributed by atoms with van der Waals surface area (Å²) in [5, 5.41) is 0. The molecule has 2 saturated heterocycles. The molecule has 0 aliphatic carbocycles. The zero-order valence-electron chi connectivity index (χ0n) is 12.1. The highest BCUT2D eigenvalue weighted by atomic mass is 15.2. The van der Waals surface area contributed by atoms with Crippen LogP contribution in [0.4, 0.5) is 11.6 Å². The van der Waals surface area contributed by atoms with E-state index in [9.17, 15) is 0 Å². The minimum absolute atomic E-state index is 0.859. The van der Waals surface area contributed by atoms with Crippen molar-refractivity contribution in [3.05, 3.63) is 11.9 Å². The fourth-order valence-electron chi connectivity index (χ4n) is 3.04. The lowest BCUT2D eigenvalue weighted by Gasteiger charge is -2.32. The van der Waals surface area contributed by atoms with Gasteiger partial charge in [0.15, 0.2) is 0 Å². The number of aryl methyl sites for hydroxylation is 1. The van der Waals surface area contributed by atoms with Crippen molar-refractivity contribution in [2.75, 3.05) is 36.0 Å². The Hall–Kier alpha value is -1.32. The topological polar surface area (TPSA) is 32.3 Å². The van der Waals surface area contributed by atoms with Crippen molar-refractivity contribution in [1.29, 1.82) is 0 Å². The van der Waals surface area contributed by atoms with Crippen LogP contribution in [-0.4, -0.2) is 36.1 Å². The van der Waals surface area contributed by atoms with Gasteiger partial charge in [0.2, 0.25) is 0 Å². The van der Waals surface area contributed by atoms with Gasteiger partial charge < -0.3 is 9.80 Å². The van der Waals surface area contributed by atoms with Gasteiger partial charge in [-0.15, -0.1) is 0 Å². The van der Waals surface area contributed by atoms with Gasteiger partial charge in [0.1, 0.15) is 17.5 Å². The highest BCUT2D eigenvalue weighted by molar-refractivity contribution is 5.51. The van der Waals surface area contributed by atoms with E-state index in [1.807, 2.05) is 6.92 Å². The van der Waals surface area contributed by atoms with Crippen molar-refractivity contribution in [3.8, 4) is 0 Å². The fourth-order valence-corrected chi connectivity index (χ4v) is 3.04. The van der Waals surface area contributed by atoms with Crippen molar-refractivity contribution in [2.24, 2.45) is 5.92 Å². The van der Waals surface area contributed by atoms with Crippen molar-refractivity contribution in [2.45, 2.75) is 39.5 Å². The van der Waals surface area contributed by atoms with Crippen LogP contribution in [0, 0.1) is 12.8 Å². The Labute approximate surface area is 115 Å². The number of rotatable bonds is 2. The summed E-state index contributed by atoms with van der Waals surface area (Å²) in [6, 6.07) is 2.19. The zero-order chi connectivity index (χ0) is 13.2. The molecule has 0 saturated carbocycles. The molecule has 0 unspecified atom stereocenters. The van der Waals surface area contributed by atoms with Crippen LogP contribution in [0.15, 0.2) is 6.07 Å². The predicted octanol–water partition coefficient (Wildman–Crippen LogP) is 2.62. The molecule has 0 aromatic carbocycles. The average Bonchev–Trinajstić information content (AvgIpc) is 2.93. The van der Waals surface area contributed by atoms with Crippen LogP contribution in [0.2, 0.25) is 0 Å². The molecule has 0 atom stereocenters. The maximum absolute atomic E-state index is 4.64. The Morgan fingerprint density at radius 2 is 1.47 bits per heavy atom. The summed E-state index contributed by atoms with van der Waals surface area (Å²) >= 11 is 0. The average molecular weight is 260 g/mol. The van der Waals surface area contributed by atoms with Crippen LogP contribution in [-0.2, 0) is 0 Å². The van der Waals surface area contributed by atoms with Crippen molar-refractivity contribution in [1.82, 2.24) is 9.97 Å². The first kappa shape index (κ1) is 12.7. The first-order chi connectivity index (χ1) is 9.22. The SMILES string of the molecule is Cc1nc(N2CCCC2)cc(N2CCC(C)CC2)n1. The Kier molecular flexibility index (Phi) is 3.58. The highest BCUT2D eigenvalue weighted by Gasteiger charge is 2.20. The van der Waals surface area contributed by atoms with Gasteiger partial charge in [-0.2, -0.15) is 0 Å². The predicted molar refractivity (Wildman–Crippen MR) is 78.8 cm³/mol. The lowest BCUT2D eigenvalue weighted by molar-refractivity contribution is 0.436. The number of hydrogen-bond acceptors (Lipinski definition) is 4. The van der Waals surface area contributed by atoms with Crippen LogP contribution >= 0.6 is 0 Å². The molecule has 4 heteroatoms. The van der Waals surface area contributed by atoms with E-state index in [1.165, 1.54) is 25.7 Å². The number of piperidine rings is 1. The molecule has 1 aromatic rings. The molecule has 0 radical (unpaired) electrons. The quantitative estimate of drug-likeness (QED) is 0.818. The van der Waals surface area contributed by atoms with E-state index in [1.54, 1.807) is 0 Å². The number of anilines is 2. The molecule has 4 nitrogen and oxygen atoms in total. The van der Waals surface area contributed by atoms with Gasteiger partial charge in [-0.1, -0.05) is 6.92 Å². The van der Waals surface area contributed by atoms with Gasteiger partial charge >= 0.3 is 0 Å². The molecular weight excluding hydrogens is 236 g/mol. The molecule has 0 N–H and O–H groups in total. The maximum Gasteiger partial charge on any atom is 0.134 e. The summed E-state index contributed by atoms with van der Waals surface area (Å²) in [7, 11) is 0. The second-order valence-electron chi connectivity index (χ2n) is 6.00. The normalized spacial score (nSPS) is 21.2. The second-order valence-corrected chi connectivity index (χ2v) is 6.00. The smallest absolute Gasteiger partial charge is 0.134 e. The van der Waals surface area contributed by atoms with Gasteiger partial charge in [0.05, 0.1) is 0 Å². The molecule has 0 amide bonds. The van der Waals surface area contributed by atoms with E-state index in [0.29, 0.717) is 0 Å². The van der Waals surface area contributed by atoms with Crippen molar-refractivity contribution < 1.29 is 0 Å². The van der Waals surface area contributed by atoms with E-state index in [2.05, 4.69) is 32.8 Å². The number of hydrogen-bond donors (Lipinski definition) is 0. The van der Waals surface area contributed by atoms with Gasteiger partial charge in [0.25, 0.3) is 0 Å². The van der Waals surface area contributed by atoms with Crippen LogP contribution in [0.5, 0.6) is 0 Å². The second kappa shape index (κ2) is 5.35. The molecular formula is C15H24N4. The molecule has 2 fully saturated rings. The van der Waals surface area contributed by atoms with Gasteiger partial charge in [-0.05, 0) is 38.5 Å². The molecule has 3 rings (SSSR count). The zero-order valence-corrected chi connectivity index (χ0v) is 12.1. The van der Waals surface area contributed by atoms with Crippen LogP contribution in [0.1, 0.15) is 38.4 Å². The van der Waals surface area contributed by atoms with Gasteiger partial charge in [-0.25, -0.2) is 9.97 Å². The summed E-state index contributed by atoms with van der Waals surface area (Å²) in [5.41, 5.74) is 0. The van der Waals surface area contributed by atoms with Crippen LogP contribution in [0.3, 0.4) is 0 Å². The molecule has 0 bridgehead atoms. The molecule has 2 aliphatic heterocycles. The molecule has 2 aliphatic rings. The van der Waals surface area contributed by atoms with Crippen LogP contribution < -0.4 is 9.80 Å². The monoisotopic (exact) mass is 260 g/mol. The van der Waals surface area contributed by atoms with Gasteiger partial charge in [-0.3, -0.25) is 0 Å². The Balaban J connectivity index is 1.80. The minimum Gasteiger partial charge on any atom is -0.356 e. The standard InChI is InChI=1S/C15H24N4/c1-12-5-9-19(10-6-12)15-11-14(16-13(2)17-15)18-7-3-4-8-18/h11-12H,3-10H2,1-2H3. The first-order valence-corrected chi connectivity index (χ1v) is 7.58. The largest absolute Gasteiger partial charge is 0.356 e. The maximum atomic E-state index is 4.64. The molecule has 19 heavy (non-hydrogen) atoms. The molecule has 104 valence electrons. The van der Waals surface area contributed by atoms with E-state index >= 15 is 0 Å². The first-order valence-electron chi connectivity index (χ1n) is 7.58.